The predicted octanol–water partition coefficient (Wildman–Crippen LogP) is 1.64. The molecule has 2 unspecified atom stereocenters. The predicted molar refractivity (Wildman–Crippen MR) is 78.5 cm³/mol. The summed E-state index contributed by atoms with van der Waals surface area (Å²) in [4.78, 5) is 14.6. The average Bonchev–Trinajstić information content (AvgIpc) is 2.46. The number of anilines is 1. The van der Waals surface area contributed by atoms with E-state index >= 15 is 0 Å². The Morgan fingerprint density at radius 2 is 2.00 bits per heavy atom. The van der Waals surface area contributed by atoms with Gasteiger partial charge in [-0.25, -0.2) is 0 Å². The molecular weight excluding hydrogens is 252 g/mol. The maximum Gasteiger partial charge on any atom is 0.228 e. The third-order valence-electron chi connectivity index (χ3n) is 4.54. The molecule has 2 heterocycles. The van der Waals surface area contributed by atoms with E-state index in [-0.39, 0.29) is 24.0 Å². The number of hydrogen-bond acceptors (Lipinski definition) is 3. The maximum absolute atomic E-state index is 12.7. The van der Waals surface area contributed by atoms with Crippen molar-refractivity contribution in [3.63, 3.8) is 0 Å². The fourth-order valence-corrected chi connectivity index (χ4v) is 3.22. The van der Waals surface area contributed by atoms with E-state index in [1.54, 1.807) is 0 Å². The minimum atomic E-state index is -0.235. The molecule has 1 aromatic rings. The van der Waals surface area contributed by atoms with Crippen LogP contribution in [0.3, 0.4) is 0 Å². The summed E-state index contributed by atoms with van der Waals surface area (Å²) in [5.41, 5.74) is 2.37. The Labute approximate surface area is 119 Å². The third-order valence-corrected chi connectivity index (χ3v) is 4.54. The van der Waals surface area contributed by atoms with Gasteiger partial charge in [0.25, 0.3) is 0 Å². The van der Waals surface area contributed by atoms with Gasteiger partial charge in [-0.3, -0.25) is 4.79 Å². The van der Waals surface area contributed by atoms with Gasteiger partial charge in [0.1, 0.15) is 0 Å². The van der Waals surface area contributed by atoms with Gasteiger partial charge >= 0.3 is 0 Å². The fourth-order valence-electron chi connectivity index (χ4n) is 3.22. The molecule has 3 rings (SSSR count). The first kappa shape index (κ1) is 13.4. The van der Waals surface area contributed by atoms with Crippen molar-refractivity contribution < 1.29 is 9.90 Å². The highest BCUT2D eigenvalue weighted by molar-refractivity contribution is 5.81. The van der Waals surface area contributed by atoms with Crippen molar-refractivity contribution >= 4 is 11.6 Å². The normalized spacial score (nSPS) is 26.8. The largest absolute Gasteiger partial charge is 0.393 e. The van der Waals surface area contributed by atoms with Crippen LogP contribution in [-0.4, -0.2) is 41.1 Å². The molecule has 0 aromatic heterocycles. The molecule has 2 atom stereocenters. The van der Waals surface area contributed by atoms with E-state index < -0.39 is 0 Å². The van der Waals surface area contributed by atoms with Crippen LogP contribution in [0.15, 0.2) is 24.3 Å². The first-order chi connectivity index (χ1) is 9.65. The smallest absolute Gasteiger partial charge is 0.228 e. The number of fused-ring (bicyclic) bond motifs is 1. The van der Waals surface area contributed by atoms with Gasteiger partial charge in [-0.15, -0.1) is 0 Å². The molecule has 4 nitrogen and oxygen atoms in total. The van der Waals surface area contributed by atoms with Crippen LogP contribution in [0.1, 0.15) is 25.3 Å². The first-order valence-electron chi connectivity index (χ1n) is 7.46. The van der Waals surface area contributed by atoms with E-state index in [0.29, 0.717) is 25.9 Å². The van der Waals surface area contributed by atoms with Gasteiger partial charge in [0.2, 0.25) is 5.91 Å². The van der Waals surface area contributed by atoms with E-state index in [0.717, 1.165) is 12.1 Å². The summed E-state index contributed by atoms with van der Waals surface area (Å²) in [5, 5.41) is 13.0. The van der Waals surface area contributed by atoms with Crippen LogP contribution in [0.5, 0.6) is 0 Å². The lowest BCUT2D eigenvalue weighted by Crippen LogP contribution is -2.48. The summed E-state index contributed by atoms with van der Waals surface area (Å²) < 4.78 is 0. The molecule has 0 aliphatic carbocycles. The van der Waals surface area contributed by atoms with Crippen molar-refractivity contribution in [1.82, 2.24) is 4.90 Å². The van der Waals surface area contributed by atoms with Gasteiger partial charge in [0.05, 0.1) is 12.0 Å². The Kier molecular flexibility index (Phi) is 3.66. The average molecular weight is 274 g/mol. The van der Waals surface area contributed by atoms with Crippen molar-refractivity contribution in [2.24, 2.45) is 5.92 Å². The second-order valence-corrected chi connectivity index (χ2v) is 5.96. The van der Waals surface area contributed by atoms with E-state index in [1.165, 1.54) is 5.56 Å². The zero-order valence-corrected chi connectivity index (χ0v) is 11.9. The van der Waals surface area contributed by atoms with Crippen LogP contribution in [0.2, 0.25) is 0 Å². The molecule has 4 heteroatoms. The number of hydrogen-bond donors (Lipinski definition) is 2. The van der Waals surface area contributed by atoms with Gasteiger partial charge in [-0.2, -0.15) is 0 Å². The summed E-state index contributed by atoms with van der Waals surface area (Å²) in [6, 6.07) is 8.37. The summed E-state index contributed by atoms with van der Waals surface area (Å²) >= 11 is 0. The number of carbonyl (C=O) groups is 1. The highest BCUT2D eigenvalue weighted by atomic mass is 16.3. The lowest BCUT2D eigenvalue weighted by Gasteiger charge is -2.37. The van der Waals surface area contributed by atoms with Gasteiger partial charge in [0, 0.05) is 24.8 Å². The number of piperidine rings is 1. The molecule has 2 aliphatic rings. The Hall–Kier alpha value is -1.55. The highest BCUT2D eigenvalue weighted by Crippen LogP contribution is 2.29. The Morgan fingerprint density at radius 1 is 1.30 bits per heavy atom. The molecule has 1 fully saturated rings. The standard InChI is InChI=1S/C16H22N2O2/c1-11-14(10-12-4-2-3-5-15(12)17-11)16(20)18-8-6-13(19)7-9-18/h2-5,11,13-14,17,19H,6-10H2,1H3. The maximum atomic E-state index is 12.7. The molecule has 0 spiro atoms. The fraction of sp³-hybridized carbons (Fsp3) is 0.562. The van der Waals surface area contributed by atoms with E-state index in [9.17, 15) is 9.90 Å². The molecule has 2 aliphatic heterocycles. The van der Waals surface area contributed by atoms with E-state index in [4.69, 9.17) is 0 Å². The number of aliphatic hydroxyl groups excluding tert-OH is 1. The number of nitrogens with zero attached hydrogens (tertiary/aromatic N) is 1. The number of amides is 1. The molecule has 0 bridgehead atoms. The van der Waals surface area contributed by atoms with E-state index in [1.807, 2.05) is 17.0 Å². The SMILES string of the molecule is CC1Nc2ccccc2CC1C(=O)N1CCC(O)CC1. The highest BCUT2D eigenvalue weighted by Gasteiger charge is 2.34. The lowest BCUT2D eigenvalue weighted by atomic mass is 9.86. The van der Waals surface area contributed by atoms with E-state index in [2.05, 4.69) is 24.4 Å². The number of likely N-dealkylation sites (tertiary alicyclic amines) is 1. The minimum Gasteiger partial charge on any atom is -0.393 e. The number of nitrogens with one attached hydrogen (secondary N) is 1. The monoisotopic (exact) mass is 274 g/mol. The topological polar surface area (TPSA) is 52.6 Å². The van der Waals surface area contributed by atoms with Crippen molar-refractivity contribution in [3.05, 3.63) is 29.8 Å². The second kappa shape index (κ2) is 5.44. The summed E-state index contributed by atoms with van der Waals surface area (Å²) in [7, 11) is 0. The first-order valence-corrected chi connectivity index (χ1v) is 7.46. The zero-order valence-electron chi connectivity index (χ0n) is 11.9. The van der Waals surface area contributed by atoms with Crippen LogP contribution in [0.4, 0.5) is 5.69 Å². The van der Waals surface area contributed by atoms with Crippen LogP contribution in [0, 0.1) is 5.92 Å². The molecule has 1 saturated heterocycles. The van der Waals surface area contributed by atoms with Crippen LogP contribution < -0.4 is 5.32 Å². The lowest BCUT2D eigenvalue weighted by molar-refractivity contribution is -0.138. The molecule has 1 amide bonds. The van der Waals surface area contributed by atoms with Gasteiger partial charge in [-0.1, -0.05) is 18.2 Å². The van der Waals surface area contributed by atoms with Crippen LogP contribution in [0.25, 0.3) is 0 Å². The Morgan fingerprint density at radius 3 is 2.75 bits per heavy atom. The van der Waals surface area contributed by atoms with Crippen LogP contribution in [-0.2, 0) is 11.2 Å². The minimum absolute atomic E-state index is 0.000132. The molecule has 108 valence electrons. The summed E-state index contributed by atoms with van der Waals surface area (Å²) in [5.74, 6) is 0.228. The van der Waals surface area contributed by atoms with Crippen molar-refractivity contribution in [2.75, 3.05) is 18.4 Å². The molecule has 20 heavy (non-hydrogen) atoms. The summed E-state index contributed by atoms with van der Waals surface area (Å²) in [6.45, 7) is 3.45. The van der Waals surface area contributed by atoms with Crippen molar-refractivity contribution in [1.29, 1.82) is 0 Å². The Balaban J connectivity index is 1.72. The van der Waals surface area contributed by atoms with Gasteiger partial charge in [0.15, 0.2) is 0 Å². The quantitative estimate of drug-likeness (QED) is 0.818. The summed E-state index contributed by atoms with van der Waals surface area (Å²) in [6.07, 6.45) is 1.98. The molecule has 2 N–H and O–H groups in total. The number of aliphatic hydroxyl groups is 1. The molecule has 0 radical (unpaired) electrons. The molecular formula is C16H22N2O2. The van der Waals surface area contributed by atoms with Crippen LogP contribution >= 0.6 is 0 Å². The van der Waals surface area contributed by atoms with Gasteiger partial charge < -0.3 is 15.3 Å². The van der Waals surface area contributed by atoms with Gasteiger partial charge in [-0.05, 0) is 37.8 Å². The second-order valence-electron chi connectivity index (χ2n) is 5.96. The van der Waals surface area contributed by atoms with Crippen molar-refractivity contribution in [2.45, 2.75) is 38.3 Å². The third kappa shape index (κ3) is 2.52. The zero-order chi connectivity index (χ0) is 14.1. The number of benzene rings is 1. The number of rotatable bonds is 1. The molecule has 0 saturated carbocycles. The number of carbonyl (C=O) groups excluding carboxylic acids is 1. The Bertz CT molecular complexity index is 495. The molecule has 1 aromatic carbocycles. The number of para-hydroxylation sites is 1. The van der Waals surface area contributed by atoms with Crippen molar-refractivity contribution in [3.8, 4) is 0 Å².